The molecule has 0 saturated carbocycles. The second-order valence-corrected chi connectivity index (χ2v) is 7.11. The maximum Gasteiger partial charge on any atom is 0.165 e. The monoisotopic (exact) mass is 311 g/mol. The lowest BCUT2D eigenvalue weighted by Crippen LogP contribution is -2.42. The van der Waals surface area contributed by atoms with Gasteiger partial charge in [-0.05, 0) is 48.6 Å². The van der Waals surface area contributed by atoms with Crippen molar-refractivity contribution in [3.63, 3.8) is 0 Å². The zero-order valence-corrected chi connectivity index (χ0v) is 13.1. The zero-order valence-electron chi connectivity index (χ0n) is 12.3. The molecule has 0 radical (unpaired) electrons. The minimum Gasteiger partial charge on any atom is -0.494 e. The molecule has 3 unspecified atom stereocenters. The van der Waals surface area contributed by atoms with Gasteiger partial charge in [-0.15, -0.1) is 0 Å². The molecule has 21 heavy (non-hydrogen) atoms. The van der Waals surface area contributed by atoms with Crippen LogP contribution in [0.3, 0.4) is 0 Å². The highest BCUT2D eigenvalue weighted by Crippen LogP contribution is 2.43. The molecule has 2 saturated heterocycles. The summed E-state index contributed by atoms with van der Waals surface area (Å²) in [5.41, 5.74) is 7.27. The molecule has 2 aliphatic heterocycles. The first-order valence-electron chi connectivity index (χ1n) is 7.44. The van der Waals surface area contributed by atoms with E-state index in [1.165, 1.54) is 18.9 Å². The number of benzene rings is 1. The van der Waals surface area contributed by atoms with E-state index in [-0.39, 0.29) is 23.2 Å². The summed E-state index contributed by atoms with van der Waals surface area (Å²) >= 11 is 1.95. The van der Waals surface area contributed by atoms with E-state index in [1.54, 1.807) is 6.07 Å². The number of hydrogen-bond donors (Lipinski definition) is 1. The van der Waals surface area contributed by atoms with Crippen molar-refractivity contribution in [1.29, 1.82) is 0 Å². The summed E-state index contributed by atoms with van der Waals surface area (Å²) < 4.78 is 24.9. The first kappa shape index (κ1) is 15.1. The van der Waals surface area contributed by atoms with Crippen LogP contribution in [0.4, 0.5) is 4.39 Å². The molecule has 0 bridgehead atoms. The lowest BCUT2D eigenvalue weighted by molar-refractivity contribution is -0.0834. The van der Waals surface area contributed by atoms with E-state index < -0.39 is 0 Å². The van der Waals surface area contributed by atoms with Crippen molar-refractivity contribution in [3.05, 3.63) is 29.6 Å². The lowest BCUT2D eigenvalue weighted by Gasteiger charge is -2.40. The average Bonchev–Trinajstić information content (AvgIpc) is 2.94. The third kappa shape index (κ3) is 3.05. The second-order valence-electron chi connectivity index (χ2n) is 6.01. The van der Waals surface area contributed by atoms with E-state index in [1.807, 2.05) is 17.8 Å². The standard InChI is InChI=1S/C16H22FNO2S/c1-19-14-3-2-11(8-13(14)17)15(18)12-4-6-20-16(9-12)5-7-21-10-16/h2-3,8,12,15H,4-7,9-10,18H2,1H3. The van der Waals surface area contributed by atoms with E-state index in [4.69, 9.17) is 15.2 Å². The fourth-order valence-electron chi connectivity index (χ4n) is 3.40. The SMILES string of the molecule is COc1ccc(C(N)C2CCOC3(CCSC3)C2)cc1F. The molecule has 2 fully saturated rings. The van der Waals surface area contributed by atoms with Crippen molar-refractivity contribution in [2.45, 2.75) is 30.9 Å². The molecule has 1 aromatic carbocycles. The van der Waals surface area contributed by atoms with Crippen LogP contribution in [0.25, 0.3) is 0 Å². The van der Waals surface area contributed by atoms with Crippen molar-refractivity contribution < 1.29 is 13.9 Å². The number of methoxy groups -OCH3 is 1. The van der Waals surface area contributed by atoms with Crippen molar-refractivity contribution >= 4 is 11.8 Å². The number of nitrogens with two attached hydrogens (primary N) is 1. The Balaban J connectivity index is 1.75. The fraction of sp³-hybridized carbons (Fsp3) is 0.625. The van der Waals surface area contributed by atoms with Crippen molar-refractivity contribution in [3.8, 4) is 5.75 Å². The summed E-state index contributed by atoms with van der Waals surface area (Å²) in [5, 5.41) is 0. The van der Waals surface area contributed by atoms with Crippen LogP contribution in [0.1, 0.15) is 30.9 Å². The van der Waals surface area contributed by atoms with E-state index in [2.05, 4.69) is 0 Å². The molecule has 116 valence electrons. The van der Waals surface area contributed by atoms with Gasteiger partial charge in [-0.25, -0.2) is 4.39 Å². The Labute approximate surface area is 129 Å². The number of thioether (sulfide) groups is 1. The molecule has 1 spiro atoms. The maximum absolute atomic E-state index is 13.9. The van der Waals surface area contributed by atoms with Gasteiger partial charge in [0.05, 0.1) is 12.7 Å². The largest absolute Gasteiger partial charge is 0.494 e. The fourth-order valence-corrected chi connectivity index (χ4v) is 4.78. The number of halogens is 1. The first-order valence-corrected chi connectivity index (χ1v) is 8.60. The molecule has 3 nitrogen and oxygen atoms in total. The van der Waals surface area contributed by atoms with Crippen LogP contribution < -0.4 is 10.5 Å². The summed E-state index contributed by atoms with van der Waals surface area (Å²) in [6.45, 7) is 0.761. The Morgan fingerprint density at radius 3 is 3.05 bits per heavy atom. The predicted molar refractivity (Wildman–Crippen MR) is 83.2 cm³/mol. The van der Waals surface area contributed by atoms with Crippen LogP contribution in [0.15, 0.2) is 18.2 Å². The molecule has 1 aromatic rings. The summed E-state index contributed by atoms with van der Waals surface area (Å²) in [7, 11) is 1.47. The number of ether oxygens (including phenoxy) is 2. The topological polar surface area (TPSA) is 44.5 Å². The molecule has 3 atom stereocenters. The van der Waals surface area contributed by atoms with E-state index in [0.29, 0.717) is 5.92 Å². The van der Waals surface area contributed by atoms with Gasteiger partial charge in [-0.1, -0.05) is 6.07 Å². The van der Waals surface area contributed by atoms with Crippen molar-refractivity contribution in [1.82, 2.24) is 0 Å². The zero-order chi connectivity index (χ0) is 14.9. The number of rotatable bonds is 3. The molecular formula is C16H22FNO2S. The summed E-state index contributed by atoms with van der Waals surface area (Å²) in [6.07, 6.45) is 3.04. The van der Waals surface area contributed by atoms with Crippen molar-refractivity contribution in [2.75, 3.05) is 25.2 Å². The molecule has 0 aromatic heterocycles. The maximum atomic E-state index is 13.9. The highest BCUT2D eigenvalue weighted by molar-refractivity contribution is 7.99. The van der Waals surface area contributed by atoms with Crippen LogP contribution in [0.5, 0.6) is 5.75 Å². The molecule has 0 aliphatic carbocycles. The predicted octanol–water partition coefficient (Wildman–Crippen LogP) is 3.14. The van der Waals surface area contributed by atoms with E-state index >= 15 is 0 Å². The van der Waals surface area contributed by atoms with Crippen LogP contribution in [-0.2, 0) is 4.74 Å². The number of hydrogen-bond acceptors (Lipinski definition) is 4. The van der Waals surface area contributed by atoms with Gasteiger partial charge in [0.25, 0.3) is 0 Å². The molecule has 2 N–H and O–H groups in total. The van der Waals surface area contributed by atoms with Crippen LogP contribution in [0, 0.1) is 11.7 Å². The molecular weight excluding hydrogens is 289 g/mol. The summed E-state index contributed by atoms with van der Waals surface area (Å²) in [6, 6.07) is 4.90. The van der Waals surface area contributed by atoms with Crippen LogP contribution in [0.2, 0.25) is 0 Å². The van der Waals surface area contributed by atoms with E-state index in [0.717, 1.165) is 37.2 Å². The van der Waals surface area contributed by atoms with Crippen molar-refractivity contribution in [2.24, 2.45) is 11.7 Å². The van der Waals surface area contributed by atoms with Gasteiger partial charge >= 0.3 is 0 Å². The van der Waals surface area contributed by atoms with E-state index in [9.17, 15) is 4.39 Å². The Kier molecular flexibility index (Phi) is 4.43. The molecule has 5 heteroatoms. The summed E-state index contributed by atoms with van der Waals surface area (Å²) in [5.74, 6) is 2.50. The van der Waals surface area contributed by atoms with Gasteiger partial charge in [0.15, 0.2) is 11.6 Å². The summed E-state index contributed by atoms with van der Waals surface area (Å²) in [4.78, 5) is 0. The Morgan fingerprint density at radius 1 is 1.52 bits per heavy atom. The van der Waals surface area contributed by atoms with Crippen LogP contribution in [-0.4, -0.2) is 30.8 Å². The van der Waals surface area contributed by atoms with Gasteiger partial charge in [-0.2, -0.15) is 11.8 Å². The van der Waals surface area contributed by atoms with Gasteiger partial charge in [-0.3, -0.25) is 0 Å². The minimum atomic E-state index is -0.344. The third-order valence-corrected chi connectivity index (χ3v) is 5.89. The molecule has 2 heterocycles. The first-order chi connectivity index (χ1) is 10.1. The quantitative estimate of drug-likeness (QED) is 0.931. The third-order valence-electron chi connectivity index (χ3n) is 4.67. The minimum absolute atomic E-state index is 0.0101. The molecule has 2 aliphatic rings. The normalized spacial score (nSPS) is 30.5. The Bertz CT molecular complexity index is 505. The van der Waals surface area contributed by atoms with Gasteiger partial charge in [0.2, 0.25) is 0 Å². The highest BCUT2D eigenvalue weighted by Gasteiger charge is 2.42. The second kappa shape index (κ2) is 6.15. The van der Waals surface area contributed by atoms with Gasteiger partial charge < -0.3 is 15.2 Å². The lowest BCUT2D eigenvalue weighted by atomic mass is 9.79. The van der Waals surface area contributed by atoms with Gasteiger partial charge in [0, 0.05) is 18.4 Å². The molecule has 3 rings (SSSR count). The Morgan fingerprint density at radius 2 is 2.38 bits per heavy atom. The smallest absolute Gasteiger partial charge is 0.165 e. The Hall–Kier alpha value is -0.780. The van der Waals surface area contributed by atoms with Gasteiger partial charge in [0.1, 0.15) is 0 Å². The highest BCUT2D eigenvalue weighted by atomic mass is 32.2. The van der Waals surface area contributed by atoms with Crippen LogP contribution >= 0.6 is 11.8 Å². The molecule has 0 amide bonds. The average molecular weight is 311 g/mol.